The summed E-state index contributed by atoms with van der Waals surface area (Å²) in [4.78, 5) is 15.9. The zero-order valence-electron chi connectivity index (χ0n) is 13.3. The fourth-order valence-electron chi connectivity index (χ4n) is 2.52. The van der Waals surface area contributed by atoms with Gasteiger partial charge in [0.2, 0.25) is 0 Å². The van der Waals surface area contributed by atoms with Gasteiger partial charge in [-0.1, -0.05) is 11.3 Å². The highest BCUT2D eigenvalue weighted by Gasteiger charge is 2.18. The van der Waals surface area contributed by atoms with Crippen molar-refractivity contribution < 1.29 is 4.79 Å². The van der Waals surface area contributed by atoms with Crippen LogP contribution in [0.15, 0.2) is 29.1 Å². The number of imidazole rings is 1. The van der Waals surface area contributed by atoms with E-state index in [0.29, 0.717) is 5.69 Å². The summed E-state index contributed by atoms with van der Waals surface area (Å²) in [6, 6.07) is 6.07. The molecule has 2 heterocycles. The van der Waals surface area contributed by atoms with Crippen LogP contribution in [0.2, 0.25) is 0 Å². The molecule has 1 aromatic carbocycles. The van der Waals surface area contributed by atoms with Crippen molar-refractivity contribution in [2.24, 2.45) is 0 Å². The second kappa shape index (κ2) is 5.73. The Bertz CT molecular complexity index is 909. The number of hydrogen-bond donors (Lipinski definition) is 0. The fourth-order valence-corrected chi connectivity index (χ4v) is 2.80. The van der Waals surface area contributed by atoms with Gasteiger partial charge in [0.15, 0.2) is 11.5 Å². The van der Waals surface area contributed by atoms with Crippen molar-refractivity contribution in [3.05, 3.63) is 51.8 Å². The standard InChI is InChI=1S/C16H16BrN5O/c1-9-5-6-13(21-8-18-16(17)11(21)3)14(7-9)22-10(2)15(12(4)23)19-20-22/h5-8H,1-4H3. The Morgan fingerprint density at radius 2 is 1.87 bits per heavy atom. The Labute approximate surface area is 142 Å². The van der Waals surface area contributed by atoms with E-state index in [4.69, 9.17) is 0 Å². The maximum Gasteiger partial charge on any atom is 0.181 e. The minimum Gasteiger partial charge on any atom is -0.300 e. The van der Waals surface area contributed by atoms with Crippen molar-refractivity contribution in [2.75, 3.05) is 0 Å². The summed E-state index contributed by atoms with van der Waals surface area (Å²) in [5.74, 6) is -0.0930. The van der Waals surface area contributed by atoms with Gasteiger partial charge in [-0.2, -0.15) is 0 Å². The van der Waals surface area contributed by atoms with E-state index < -0.39 is 0 Å². The number of Topliss-reactive ketones (excluding diaryl/α,β-unsaturated/α-hetero) is 1. The van der Waals surface area contributed by atoms with Crippen LogP contribution in [-0.2, 0) is 0 Å². The minimum absolute atomic E-state index is 0.0930. The monoisotopic (exact) mass is 373 g/mol. The summed E-state index contributed by atoms with van der Waals surface area (Å²) >= 11 is 3.43. The second-order valence-corrected chi connectivity index (χ2v) is 6.23. The number of aryl methyl sites for hydroxylation is 1. The molecule has 0 unspecified atom stereocenters. The number of benzene rings is 1. The molecule has 0 fully saturated rings. The zero-order valence-corrected chi connectivity index (χ0v) is 14.9. The molecule has 0 aliphatic heterocycles. The van der Waals surface area contributed by atoms with Gasteiger partial charge in [0.05, 0.1) is 22.8 Å². The van der Waals surface area contributed by atoms with Gasteiger partial charge in [-0.25, -0.2) is 9.67 Å². The lowest BCUT2D eigenvalue weighted by Crippen LogP contribution is -2.07. The largest absolute Gasteiger partial charge is 0.300 e. The van der Waals surface area contributed by atoms with Gasteiger partial charge in [0, 0.05) is 6.92 Å². The molecule has 7 heteroatoms. The van der Waals surface area contributed by atoms with E-state index in [-0.39, 0.29) is 5.78 Å². The maximum absolute atomic E-state index is 11.7. The minimum atomic E-state index is -0.0930. The molecule has 118 valence electrons. The summed E-state index contributed by atoms with van der Waals surface area (Å²) < 4.78 is 4.48. The first-order valence-corrected chi connectivity index (χ1v) is 7.93. The van der Waals surface area contributed by atoms with Crippen LogP contribution in [0.3, 0.4) is 0 Å². The SMILES string of the molecule is CC(=O)c1nnn(-c2cc(C)ccc2-n2cnc(Br)c2C)c1C. The van der Waals surface area contributed by atoms with Crippen LogP contribution in [0.5, 0.6) is 0 Å². The predicted octanol–water partition coefficient (Wildman–Crippen LogP) is 3.34. The third-order valence-corrected chi connectivity index (χ3v) is 4.57. The molecule has 0 amide bonds. The van der Waals surface area contributed by atoms with Crippen LogP contribution in [0.25, 0.3) is 11.4 Å². The fraction of sp³-hybridized carbons (Fsp3) is 0.250. The zero-order chi connectivity index (χ0) is 16.7. The number of rotatable bonds is 3. The Morgan fingerprint density at radius 1 is 1.13 bits per heavy atom. The highest BCUT2D eigenvalue weighted by atomic mass is 79.9. The van der Waals surface area contributed by atoms with Crippen LogP contribution in [0.4, 0.5) is 0 Å². The normalized spacial score (nSPS) is 11.0. The van der Waals surface area contributed by atoms with E-state index in [1.807, 2.05) is 43.5 Å². The molecule has 6 nitrogen and oxygen atoms in total. The molecule has 0 atom stereocenters. The number of halogens is 1. The van der Waals surface area contributed by atoms with Crippen molar-refractivity contribution in [3.63, 3.8) is 0 Å². The molecule has 0 bridgehead atoms. The molecule has 23 heavy (non-hydrogen) atoms. The summed E-state index contributed by atoms with van der Waals surface area (Å²) in [6.07, 6.45) is 1.76. The highest BCUT2D eigenvalue weighted by Crippen LogP contribution is 2.25. The average Bonchev–Trinajstić information content (AvgIpc) is 3.03. The molecular weight excluding hydrogens is 358 g/mol. The summed E-state index contributed by atoms with van der Waals surface area (Å²) in [7, 11) is 0. The smallest absolute Gasteiger partial charge is 0.181 e. The third-order valence-electron chi connectivity index (χ3n) is 3.79. The van der Waals surface area contributed by atoms with E-state index in [9.17, 15) is 4.79 Å². The van der Waals surface area contributed by atoms with Crippen molar-refractivity contribution in [1.82, 2.24) is 24.5 Å². The Kier molecular flexibility index (Phi) is 3.89. The third kappa shape index (κ3) is 2.61. The number of carbonyl (C=O) groups excluding carboxylic acids is 1. The first-order chi connectivity index (χ1) is 10.9. The van der Waals surface area contributed by atoms with Crippen molar-refractivity contribution in [2.45, 2.75) is 27.7 Å². The van der Waals surface area contributed by atoms with E-state index in [2.05, 4.69) is 31.2 Å². The highest BCUT2D eigenvalue weighted by molar-refractivity contribution is 9.10. The van der Waals surface area contributed by atoms with Crippen LogP contribution >= 0.6 is 15.9 Å². The molecule has 3 rings (SSSR count). The van der Waals surface area contributed by atoms with Gasteiger partial charge in [-0.05, 0) is 54.4 Å². The molecule has 0 saturated carbocycles. The quantitative estimate of drug-likeness (QED) is 0.660. The lowest BCUT2D eigenvalue weighted by Gasteiger charge is -2.13. The van der Waals surface area contributed by atoms with Gasteiger partial charge in [0.25, 0.3) is 0 Å². The maximum atomic E-state index is 11.7. The van der Waals surface area contributed by atoms with Crippen LogP contribution in [0, 0.1) is 20.8 Å². The topological polar surface area (TPSA) is 65.6 Å². The molecule has 0 saturated heterocycles. The van der Waals surface area contributed by atoms with Gasteiger partial charge in [-0.15, -0.1) is 5.10 Å². The second-order valence-electron chi connectivity index (χ2n) is 5.47. The number of carbonyl (C=O) groups is 1. The van der Waals surface area contributed by atoms with Crippen LogP contribution in [0.1, 0.15) is 34.4 Å². The Morgan fingerprint density at radius 3 is 2.43 bits per heavy atom. The lowest BCUT2D eigenvalue weighted by molar-refractivity contribution is 0.101. The van der Waals surface area contributed by atoms with E-state index in [1.54, 1.807) is 11.0 Å². The summed E-state index contributed by atoms with van der Waals surface area (Å²) in [5.41, 5.74) is 4.98. The average molecular weight is 374 g/mol. The molecule has 0 radical (unpaired) electrons. The molecule has 2 aromatic heterocycles. The summed E-state index contributed by atoms with van der Waals surface area (Å²) in [6.45, 7) is 7.34. The summed E-state index contributed by atoms with van der Waals surface area (Å²) in [5, 5.41) is 8.18. The van der Waals surface area contributed by atoms with Crippen molar-refractivity contribution in [1.29, 1.82) is 0 Å². The number of aromatic nitrogens is 5. The number of ketones is 1. The van der Waals surface area contributed by atoms with E-state index in [0.717, 1.165) is 32.9 Å². The van der Waals surface area contributed by atoms with E-state index in [1.165, 1.54) is 6.92 Å². The molecule has 0 aliphatic carbocycles. The molecule has 3 aromatic rings. The molecule has 0 aliphatic rings. The Balaban J connectivity index is 2.26. The predicted molar refractivity (Wildman–Crippen MR) is 90.4 cm³/mol. The van der Waals surface area contributed by atoms with Gasteiger partial charge >= 0.3 is 0 Å². The molecule has 0 N–H and O–H groups in total. The molecule has 0 spiro atoms. The first-order valence-electron chi connectivity index (χ1n) is 7.14. The number of hydrogen-bond acceptors (Lipinski definition) is 4. The number of nitrogens with zero attached hydrogens (tertiary/aromatic N) is 5. The van der Waals surface area contributed by atoms with Gasteiger partial charge in [0.1, 0.15) is 10.9 Å². The first kappa shape index (κ1) is 15.6. The molecular formula is C16H16BrN5O. The van der Waals surface area contributed by atoms with Crippen LogP contribution < -0.4 is 0 Å². The van der Waals surface area contributed by atoms with Crippen molar-refractivity contribution >= 4 is 21.7 Å². The van der Waals surface area contributed by atoms with Gasteiger partial charge < -0.3 is 4.57 Å². The lowest BCUT2D eigenvalue weighted by atomic mass is 10.1. The Hall–Kier alpha value is -2.28. The van der Waals surface area contributed by atoms with Crippen molar-refractivity contribution in [3.8, 4) is 11.4 Å². The van der Waals surface area contributed by atoms with Crippen LogP contribution in [-0.4, -0.2) is 30.3 Å². The van der Waals surface area contributed by atoms with E-state index >= 15 is 0 Å². The van der Waals surface area contributed by atoms with Gasteiger partial charge in [-0.3, -0.25) is 4.79 Å².